The fourth-order valence-corrected chi connectivity index (χ4v) is 8.24. The number of halogens is 2. The zero-order valence-electron chi connectivity index (χ0n) is 20.3. The average Bonchev–Trinajstić information content (AvgIpc) is 3.30. The summed E-state index contributed by atoms with van der Waals surface area (Å²) in [5.74, 6) is -1.29. The minimum atomic E-state index is -3.78. The lowest BCUT2D eigenvalue weighted by atomic mass is 9.56. The Morgan fingerprint density at radius 1 is 1.11 bits per heavy atom. The fourth-order valence-electron chi connectivity index (χ4n) is 6.05. The van der Waals surface area contributed by atoms with E-state index in [4.69, 9.17) is 0 Å². The van der Waals surface area contributed by atoms with Crippen LogP contribution >= 0.6 is 0 Å². The molecule has 1 saturated heterocycles. The molecule has 0 unspecified atom stereocenters. The second-order valence-corrected chi connectivity index (χ2v) is 12.6. The highest BCUT2D eigenvalue weighted by Gasteiger charge is 2.54. The molecule has 1 N–H and O–H groups in total. The molecule has 192 valence electrons. The van der Waals surface area contributed by atoms with Crippen molar-refractivity contribution < 1.29 is 22.3 Å². The lowest BCUT2D eigenvalue weighted by molar-refractivity contribution is -0.0842. The fraction of sp³-hybridized carbons (Fsp3) is 0.462. The summed E-state index contributed by atoms with van der Waals surface area (Å²) >= 11 is 0. The number of rotatable bonds is 6. The van der Waals surface area contributed by atoms with Crippen LogP contribution < -0.4 is 0 Å². The molecule has 1 aliphatic carbocycles. The third kappa shape index (κ3) is 4.46. The molecule has 2 heterocycles. The second-order valence-electron chi connectivity index (χ2n) is 10.6. The SMILES string of the molecule is C[C@H]1CC[C@H](c2ccccc2)S(=O)(=O)N1Cc1cc(F)c(C2(Cn3cncn3)CC(C)(O)C2)cc1F. The molecule has 1 saturated carbocycles. The number of hydrogen-bond donors (Lipinski definition) is 1. The van der Waals surface area contributed by atoms with Crippen molar-refractivity contribution in [1.82, 2.24) is 19.1 Å². The summed E-state index contributed by atoms with van der Waals surface area (Å²) < 4.78 is 60.9. The molecule has 1 aliphatic heterocycles. The molecular weight excluding hydrogens is 486 g/mol. The van der Waals surface area contributed by atoms with Crippen LogP contribution in [0.1, 0.15) is 61.5 Å². The van der Waals surface area contributed by atoms with Crippen LogP contribution in [0.4, 0.5) is 8.78 Å². The molecular formula is C26H30F2N4O3S. The summed E-state index contributed by atoms with van der Waals surface area (Å²) in [5.41, 5.74) is -0.997. The van der Waals surface area contributed by atoms with Crippen molar-refractivity contribution in [3.8, 4) is 0 Å². The van der Waals surface area contributed by atoms with Gasteiger partial charge in [-0.25, -0.2) is 22.2 Å². The number of sulfonamides is 1. The van der Waals surface area contributed by atoms with E-state index in [1.807, 2.05) is 6.07 Å². The Morgan fingerprint density at radius 3 is 2.47 bits per heavy atom. The molecule has 36 heavy (non-hydrogen) atoms. The van der Waals surface area contributed by atoms with Gasteiger partial charge in [0.25, 0.3) is 0 Å². The molecule has 2 fully saturated rings. The van der Waals surface area contributed by atoms with E-state index in [1.165, 1.54) is 17.0 Å². The molecule has 0 amide bonds. The van der Waals surface area contributed by atoms with Gasteiger partial charge in [-0.05, 0) is 62.8 Å². The number of aromatic nitrogens is 3. The van der Waals surface area contributed by atoms with E-state index in [9.17, 15) is 13.5 Å². The van der Waals surface area contributed by atoms with E-state index < -0.39 is 37.9 Å². The highest BCUT2D eigenvalue weighted by Crippen LogP contribution is 2.52. The van der Waals surface area contributed by atoms with Crippen LogP contribution in [-0.4, -0.2) is 44.2 Å². The van der Waals surface area contributed by atoms with Gasteiger partial charge >= 0.3 is 0 Å². The standard InChI is InChI=1S/C26H30F2N4O3S/c1-18-8-9-24(19-6-4-3-5-7-19)36(34,35)32(18)12-20-10-23(28)21(11-22(20)27)26(13-25(2,33)14-26)15-31-17-29-16-30-31/h3-7,10-11,16-18,24,33H,8-9,12-15H2,1-2H3/t18-,24+,25?,26?/m0/s1. The number of aliphatic hydroxyl groups is 1. The molecule has 0 radical (unpaired) electrons. The first kappa shape index (κ1) is 25.0. The maximum Gasteiger partial charge on any atom is 0.221 e. The summed E-state index contributed by atoms with van der Waals surface area (Å²) in [6, 6.07) is 10.9. The lowest BCUT2D eigenvalue weighted by Crippen LogP contribution is -2.55. The zero-order chi connectivity index (χ0) is 25.7. The molecule has 3 aromatic rings. The van der Waals surface area contributed by atoms with Gasteiger partial charge in [0.2, 0.25) is 10.0 Å². The summed E-state index contributed by atoms with van der Waals surface area (Å²) in [6.45, 7) is 3.46. The van der Waals surface area contributed by atoms with E-state index in [0.717, 1.165) is 12.1 Å². The van der Waals surface area contributed by atoms with E-state index in [1.54, 1.807) is 42.8 Å². The van der Waals surface area contributed by atoms with Crippen molar-refractivity contribution >= 4 is 10.0 Å². The highest BCUT2D eigenvalue weighted by molar-refractivity contribution is 7.89. The Morgan fingerprint density at radius 2 is 1.83 bits per heavy atom. The molecule has 2 aliphatic rings. The molecule has 0 bridgehead atoms. The molecule has 1 aromatic heterocycles. The zero-order valence-corrected chi connectivity index (χ0v) is 21.1. The second kappa shape index (κ2) is 9.00. The highest BCUT2D eigenvalue weighted by atomic mass is 32.2. The van der Waals surface area contributed by atoms with Crippen molar-refractivity contribution in [2.75, 3.05) is 0 Å². The van der Waals surface area contributed by atoms with E-state index in [2.05, 4.69) is 10.1 Å². The Balaban J connectivity index is 1.45. The van der Waals surface area contributed by atoms with Gasteiger partial charge < -0.3 is 5.11 Å². The van der Waals surface area contributed by atoms with Crippen LogP contribution in [-0.2, 0) is 28.5 Å². The summed E-state index contributed by atoms with van der Waals surface area (Å²) in [4.78, 5) is 3.92. The lowest BCUT2D eigenvalue weighted by Gasteiger charge is -2.52. The summed E-state index contributed by atoms with van der Waals surface area (Å²) in [6.07, 6.45) is 4.45. The monoisotopic (exact) mass is 516 g/mol. The van der Waals surface area contributed by atoms with Gasteiger partial charge in [-0.2, -0.15) is 9.40 Å². The number of hydrogen-bond acceptors (Lipinski definition) is 5. The van der Waals surface area contributed by atoms with Gasteiger partial charge in [0.05, 0.1) is 12.1 Å². The molecule has 2 aromatic carbocycles. The van der Waals surface area contributed by atoms with Crippen molar-refractivity contribution in [1.29, 1.82) is 0 Å². The van der Waals surface area contributed by atoms with Crippen molar-refractivity contribution in [2.45, 2.75) is 74.9 Å². The Hall–Kier alpha value is -2.69. The Bertz CT molecular complexity index is 1340. The van der Waals surface area contributed by atoms with Crippen LogP contribution in [0.15, 0.2) is 55.1 Å². The van der Waals surface area contributed by atoms with Crippen LogP contribution in [0, 0.1) is 11.6 Å². The minimum absolute atomic E-state index is 0.0117. The first-order valence-electron chi connectivity index (χ1n) is 12.1. The first-order chi connectivity index (χ1) is 17.0. The van der Waals surface area contributed by atoms with Gasteiger partial charge in [0, 0.05) is 23.6 Å². The maximum absolute atomic E-state index is 15.6. The summed E-state index contributed by atoms with van der Waals surface area (Å²) in [5, 5.41) is 13.8. The van der Waals surface area contributed by atoms with E-state index in [-0.39, 0.29) is 43.1 Å². The van der Waals surface area contributed by atoms with Crippen molar-refractivity contribution in [2.24, 2.45) is 0 Å². The number of benzene rings is 2. The third-order valence-corrected chi connectivity index (χ3v) is 9.97. The quantitative estimate of drug-likeness (QED) is 0.533. The van der Waals surface area contributed by atoms with Gasteiger partial charge in [0.15, 0.2) is 0 Å². The van der Waals surface area contributed by atoms with E-state index >= 15 is 8.78 Å². The molecule has 10 heteroatoms. The van der Waals surface area contributed by atoms with Crippen LogP contribution in [0.3, 0.4) is 0 Å². The minimum Gasteiger partial charge on any atom is -0.390 e. The van der Waals surface area contributed by atoms with Gasteiger partial charge in [-0.3, -0.25) is 4.68 Å². The normalized spacial score (nSPS) is 30.1. The third-order valence-electron chi connectivity index (χ3n) is 7.60. The average molecular weight is 517 g/mol. The Labute approximate surface area is 209 Å². The summed E-state index contributed by atoms with van der Waals surface area (Å²) in [7, 11) is -3.78. The predicted molar refractivity (Wildman–Crippen MR) is 130 cm³/mol. The van der Waals surface area contributed by atoms with Crippen LogP contribution in [0.5, 0.6) is 0 Å². The van der Waals surface area contributed by atoms with Crippen molar-refractivity contribution in [3.63, 3.8) is 0 Å². The molecule has 2 atom stereocenters. The molecule has 7 nitrogen and oxygen atoms in total. The largest absolute Gasteiger partial charge is 0.390 e. The topological polar surface area (TPSA) is 88.3 Å². The number of nitrogens with zero attached hydrogens (tertiary/aromatic N) is 4. The molecule has 5 rings (SSSR count). The van der Waals surface area contributed by atoms with Crippen LogP contribution in [0.2, 0.25) is 0 Å². The van der Waals surface area contributed by atoms with Crippen molar-refractivity contribution in [3.05, 3.63) is 83.4 Å². The van der Waals surface area contributed by atoms with Gasteiger partial charge in [0.1, 0.15) is 29.5 Å². The van der Waals surface area contributed by atoms with E-state index in [0.29, 0.717) is 18.4 Å². The smallest absolute Gasteiger partial charge is 0.221 e. The molecule has 0 spiro atoms. The first-order valence-corrected chi connectivity index (χ1v) is 13.6. The Kier molecular flexibility index (Phi) is 6.25. The van der Waals surface area contributed by atoms with Gasteiger partial charge in [-0.1, -0.05) is 30.3 Å². The predicted octanol–water partition coefficient (Wildman–Crippen LogP) is 4.09. The van der Waals surface area contributed by atoms with Gasteiger partial charge in [-0.15, -0.1) is 0 Å². The van der Waals surface area contributed by atoms with Crippen LogP contribution in [0.25, 0.3) is 0 Å². The maximum atomic E-state index is 15.6.